The summed E-state index contributed by atoms with van der Waals surface area (Å²) in [6.07, 6.45) is -0.623. The Balaban J connectivity index is 2.29. The van der Waals surface area contributed by atoms with Gasteiger partial charge in [0.05, 0.1) is 24.1 Å². The number of nitrogens with one attached hydrogen (secondary N) is 1. The normalized spacial score (nSPS) is 23.2. The van der Waals surface area contributed by atoms with Crippen LogP contribution in [0.4, 0.5) is 0 Å². The molecule has 1 aromatic carbocycles. The van der Waals surface area contributed by atoms with Crippen LogP contribution in [0, 0.1) is 5.92 Å². The fourth-order valence-electron chi connectivity index (χ4n) is 2.65. The van der Waals surface area contributed by atoms with Gasteiger partial charge in [-0.05, 0) is 26.0 Å². The van der Waals surface area contributed by atoms with Gasteiger partial charge in [-0.3, -0.25) is 4.79 Å². The van der Waals surface area contributed by atoms with Crippen LogP contribution in [0.2, 0.25) is 0 Å². The van der Waals surface area contributed by atoms with Crippen molar-refractivity contribution in [3.63, 3.8) is 0 Å². The summed E-state index contributed by atoms with van der Waals surface area (Å²) in [7, 11) is 0. The SMILES string of the molecule is CCOC(=O)C1=C(C)O[C@@H](Oc2ccccc2)[C@@H](C)[C@@H]1NC(C)=O. The van der Waals surface area contributed by atoms with E-state index in [1.807, 2.05) is 37.3 Å². The highest BCUT2D eigenvalue weighted by Gasteiger charge is 2.41. The number of para-hydroxylation sites is 1. The summed E-state index contributed by atoms with van der Waals surface area (Å²) in [4.78, 5) is 23.8. The fourth-order valence-corrected chi connectivity index (χ4v) is 2.65. The monoisotopic (exact) mass is 333 g/mol. The van der Waals surface area contributed by atoms with E-state index in [0.717, 1.165) is 0 Å². The molecule has 3 atom stereocenters. The van der Waals surface area contributed by atoms with Crippen molar-refractivity contribution in [3.05, 3.63) is 41.7 Å². The first-order valence-electron chi connectivity index (χ1n) is 7.97. The number of hydrogen-bond donors (Lipinski definition) is 1. The van der Waals surface area contributed by atoms with Gasteiger partial charge in [0.2, 0.25) is 12.2 Å². The van der Waals surface area contributed by atoms with Gasteiger partial charge in [-0.15, -0.1) is 0 Å². The molecule has 0 bridgehead atoms. The number of carbonyl (C=O) groups excluding carboxylic acids is 2. The van der Waals surface area contributed by atoms with E-state index in [-0.39, 0.29) is 18.4 Å². The standard InChI is InChI=1S/C18H23NO5/c1-5-22-17(21)15-12(3)23-18(11(2)16(15)19-13(4)20)24-14-9-7-6-8-10-14/h6-11,16,18H,5H2,1-4H3,(H,19,20)/t11-,16-,18-/m0/s1. The lowest BCUT2D eigenvalue weighted by Gasteiger charge is -2.37. The Labute approximate surface area is 141 Å². The van der Waals surface area contributed by atoms with Gasteiger partial charge < -0.3 is 19.5 Å². The Bertz CT molecular complexity index is 626. The van der Waals surface area contributed by atoms with E-state index in [9.17, 15) is 9.59 Å². The summed E-state index contributed by atoms with van der Waals surface area (Å²) < 4.78 is 16.8. The molecule has 0 saturated carbocycles. The van der Waals surface area contributed by atoms with Crippen molar-refractivity contribution in [1.82, 2.24) is 5.32 Å². The third-order valence-corrected chi connectivity index (χ3v) is 3.79. The summed E-state index contributed by atoms with van der Waals surface area (Å²) >= 11 is 0. The molecule has 1 aliphatic heterocycles. The number of benzene rings is 1. The lowest BCUT2D eigenvalue weighted by atomic mass is 9.90. The van der Waals surface area contributed by atoms with Gasteiger partial charge in [-0.2, -0.15) is 0 Å². The van der Waals surface area contributed by atoms with Crippen LogP contribution in [-0.4, -0.2) is 30.8 Å². The molecule has 0 radical (unpaired) electrons. The minimum absolute atomic E-state index is 0.234. The Morgan fingerprint density at radius 1 is 1.25 bits per heavy atom. The van der Waals surface area contributed by atoms with E-state index in [1.165, 1.54) is 6.92 Å². The molecule has 1 amide bonds. The van der Waals surface area contributed by atoms with Gasteiger partial charge in [-0.25, -0.2) is 4.79 Å². The quantitative estimate of drug-likeness (QED) is 0.838. The van der Waals surface area contributed by atoms with Crippen molar-refractivity contribution in [3.8, 4) is 5.75 Å². The molecule has 0 unspecified atom stereocenters. The number of ether oxygens (including phenoxy) is 3. The van der Waals surface area contributed by atoms with E-state index in [2.05, 4.69) is 5.32 Å². The number of amides is 1. The minimum Gasteiger partial charge on any atom is -0.462 e. The molecule has 0 saturated heterocycles. The molecule has 0 spiro atoms. The van der Waals surface area contributed by atoms with Crippen molar-refractivity contribution < 1.29 is 23.8 Å². The maximum Gasteiger partial charge on any atom is 0.339 e. The van der Waals surface area contributed by atoms with E-state index < -0.39 is 18.3 Å². The molecular weight excluding hydrogens is 310 g/mol. The van der Waals surface area contributed by atoms with Crippen molar-refractivity contribution in [2.45, 2.75) is 40.0 Å². The fraction of sp³-hybridized carbons (Fsp3) is 0.444. The van der Waals surface area contributed by atoms with E-state index in [0.29, 0.717) is 17.1 Å². The van der Waals surface area contributed by atoms with Crippen molar-refractivity contribution in [1.29, 1.82) is 0 Å². The molecule has 130 valence electrons. The molecule has 0 aromatic heterocycles. The van der Waals surface area contributed by atoms with Crippen molar-refractivity contribution >= 4 is 11.9 Å². The minimum atomic E-state index is -0.623. The van der Waals surface area contributed by atoms with Gasteiger partial charge in [0.1, 0.15) is 11.5 Å². The Morgan fingerprint density at radius 3 is 2.50 bits per heavy atom. The summed E-state index contributed by atoms with van der Waals surface area (Å²) in [5.41, 5.74) is 0.326. The van der Waals surface area contributed by atoms with Crippen LogP contribution in [0.1, 0.15) is 27.7 Å². The highest BCUT2D eigenvalue weighted by Crippen LogP contribution is 2.31. The van der Waals surface area contributed by atoms with Gasteiger partial charge in [0.15, 0.2) is 0 Å². The highest BCUT2D eigenvalue weighted by molar-refractivity contribution is 5.91. The third-order valence-electron chi connectivity index (χ3n) is 3.79. The zero-order valence-corrected chi connectivity index (χ0v) is 14.4. The summed E-state index contributed by atoms with van der Waals surface area (Å²) in [5.74, 6) is 0.0484. The van der Waals surface area contributed by atoms with Gasteiger partial charge in [0, 0.05) is 6.92 Å². The smallest absolute Gasteiger partial charge is 0.339 e. The van der Waals surface area contributed by atoms with Crippen molar-refractivity contribution in [2.75, 3.05) is 6.61 Å². The third kappa shape index (κ3) is 4.07. The van der Waals surface area contributed by atoms with E-state index >= 15 is 0 Å². The zero-order valence-electron chi connectivity index (χ0n) is 14.4. The Kier molecular flexibility index (Phi) is 5.84. The first-order chi connectivity index (χ1) is 11.4. The molecule has 1 N–H and O–H groups in total. The summed E-state index contributed by atoms with van der Waals surface area (Å²) in [6.45, 7) is 6.93. The summed E-state index contributed by atoms with van der Waals surface area (Å²) in [6, 6.07) is 8.72. The predicted octanol–water partition coefficient (Wildman–Crippen LogP) is 2.40. The van der Waals surface area contributed by atoms with Crippen LogP contribution in [0.15, 0.2) is 41.7 Å². The highest BCUT2D eigenvalue weighted by atomic mass is 16.7. The second-order valence-corrected chi connectivity index (χ2v) is 5.64. The van der Waals surface area contributed by atoms with Crippen LogP contribution in [0.3, 0.4) is 0 Å². The molecule has 0 aliphatic carbocycles. The first-order valence-corrected chi connectivity index (χ1v) is 7.97. The van der Waals surface area contributed by atoms with Crippen LogP contribution in [0.5, 0.6) is 5.75 Å². The van der Waals surface area contributed by atoms with E-state index in [1.54, 1.807) is 13.8 Å². The molecule has 1 aliphatic rings. The van der Waals surface area contributed by atoms with Crippen LogP contribution in [-0.2, 0) is 19.1 Å². The molecule has 6 nitrogen and oxygen atoms in total. The molecule has 24 heavy (non-hydrogen) atoms. The van der Waals surface area contributed by atoms with Crippen LogP contribution in [0.25, 0.3) is 0 Å². The average Bonchev–Trinajstić information content (AvgIpc) is 2.53. The van der Waals surface area contributed by atoms with Crippen molar-refractivity contribution in [2.24, 2.45) is 5.92 Å². The van der Waals surface area contributed by atoms with Crippen LogP contribution >= 0.6 is 0 Å². The average molecular weight is 333 g/mol. The number of allylic oxidation sites excluding steroid dienone is 1. The lowest BCUT2D eigenvalue weighted by molar-refractivity contribution is -0.143. The van der Waals surface area contributed by atoms with Gasteiger partial charge in [0.25, 0.3) is 0 Å². The zero-order chi connectivity index (χ0) is 17.7. The summed E-state index contributed by atoms with van der Waals surface area (Å²) in [5, 5.41) is 2.81. The maximum absolute atomic E-state index is 12.3. The number of carbonyl (C=O) groups is 2. The van der Waals surface area contributed by atoms with Crippen LogP contribution < -0.4 is 10.1 Å². The molecule has 2 rings (SSSR count). The largest absolute Gasteiger partial charge is 0.462 e. The molecule has 1 heterocycles. The molecular formula is C18H23NO5. The van der Waals surface area contributed by atoms with Gasteiger partial charge in [-0.1, -0.05) is 25.1 Å². The predicted molar refractivity (Wildman–Crippen MR) is 88.0 cm³/mol. The second kappa shape index (κ2) is 7.86. The molecule has 6 heteroatoms. The topological polar surface area (TPSA) is 73.9 Å². The number of hydrogen-bond acceptors (Lipinski definition) is 5. The Hall–Kier alpha value is -2.50. The Morgan fingerprint density at radius 2 is 1.92 bits per heavy atom. The lowest BCUT2D eigenvalue weighted by Crippen LogP contribution is -2.51. The second-order valence-electron chi connectivity index (χ2n) is 5.64. The van der Waals surface area contributed by atoms with Gasteiger partial charge >= 0.3 is 5.97 Å². The maximum atomic E-state index is 12.3. The van der Waals surface area contributed by atoms with E-state index in [4.69, 9.17) is 14.2 Å². The number of esters is 1. The molecule has 0 fully saturated rings. The number of rotatable bonds is 5. The first kappa shape index (κ1) is 17.8. The molecule has 1 aromatic rings.